The molecular formula is C7H10N3O5P. The molecule has 0 atom stereocenters. The molecule has 88 valence electrons. The number of phosphoric acid groups is 1. The van der Waals surface area contributed by atoms with Gasteiger partial charge in [0.25, 0.3) is 0 Å². The lowest BCUT2D eigenvalue weighted by atomic mass is 10.3. The molecule has 0 unspecified atom stereocenters. The molecule has 16 heavy (non-hydrogen) atoms. The van der Waals surface area contributed by atoms with E-state index in [1.54, 1.807) is 0 Å². The first-order valence-electron chi connectivity index (χ1n) is 4.09. The van der Waals surface area contributed by atoms with E-state index in [0.717, 1.165) is 11.0 Å². The Bertz CT molecular complexity index is 499. The van der Waals surface area contributed by atoms with Gasteiger partial charge in [0.05, 0.1) is 5.52 Å². The SMILES string of the molecule is O=P(O)(O)O.OCn1nnc2ccccc21. The van der Waals surface area contributed by atoms with Gasteiger partial charge in [-0.1, -0.05) is 17.3 Å². The first-order valence-corrected chi connectivity index (χ1v) is 5.65. The van der Waals surface area contributed by atoms with Gasteiger partial charge in [-0.25, -0.2) is 9.25 Å². The van der Waals surface area contributed by atoms with Gasteiger partial charge in [-0.2, -0.15) is 0 Å². The zero-order valence-electron chi connectivity index (χ0n) is 8.00. The van der Waals surface area contributed by atoms with Crippen molar-refractivity contribution in [3.8, 4) is 0 Å². The number of nitrogens with zero attached hydrogens (tertiary/aromatic N) is 3. The van der Waals surface area contributed by atoms with Crippen LogP contribution in [0.3, 0.4) is 0 Å². The fourth-order valence-electron chi connectivity index (χ4n) is 1.02. The minimum atomic E-state index is -4.64. The van der Waals surface area contributed by atoms with E-state index in [0.29, 0.717) is 0 Å². The molecule has 0 aliphatic rings. The van der Waals surface area contributed by atoms with Gasteiger partial charge in [-0.15, -0.1) is 5.10 Å². The van der Waals surface area contributed by atoms with Gasteiger partial charge in [-0.3, -0.25) is 0 Å². The molecule has 0 saturated heterocycles. The van der Waals surface area contributed by atoms with Crippen molar-refractivity contribution in [3.63, 3.8) is 0 Å². The molecule has 0 radical (unpaired) electrons. The van der Waals surface area contributed by atoms with E-state index in [2.05, 4.69) is 10.3 Å². The third-order valence-electron chi connectivity index (χ3n) is 1.55. The third-order valence-corrected chi connectivity index (χ3v) is 1.55. The van der Waals surface area contributed by atoms with Crippen molar-refractivity contribution in [3.05, 3.63) is 24.3 Å². The molecule has 0 spiro atoms. The van der Waals surface area contributed by atoms with E-state index >= 15 is 0 Å². The Kier molecular flexibility index (Phi) is 4.11. The highest BCUT2D eigenvalue weighted by Crippen LogP contribution is 2.25. The summed E-state index contributed by atoms with van der Waals surface area (Å²) in [6, 6.07) is 7.50. The van der Waals surface area contributed by atoms with E-state index in [-0.39, 0.29) is 6.73 Å². The summed E-state index contributed by atoms with van der Waals surface area (Å²) in [5.41, 5.74) is 1.66. The number of aliphatic hydroxyl groups excluding tert-OH is 1. The highest BCUT2D eigenvalue weighted by molar-refractivity contribution is 7.45. The van der Waals surface area contributed by atoms with Gasteiger partial charge in [0, 0.05) is 0 Å². The number of aromatic nitrogens is 3. The minimum absolute atomic E-state index is 0.124. The summed E-state index contributed by atoms with van der Waals surface area (Å²) in [6.07, 6.45) is 0. The molecule has 0 fully saturated rings. The molecule has 1 aromatic heterocycles. The van der Waals surface area contributed by atoms with Crippen LogP contribution in [0.1, 0.15) is 0 Å². The Morgan fingerprint density at radius 3 is 2.38 bits per heavy atom. The van der Waals surface area contributed by atoms with Crippen LogP contribution >= 0.6 is 7.82 Å². The molecule has 0 amide bonds. The molecule has 0 aliphatic heterocycles. The third kappa shape index (κ3) is 4.05. The van der Waals surface area contributed by atoms with Crippen molar-refractivity contribution in [2.24, 2.45) is 0 Å². The second-order valence-electron chi connectivity index (χ2n) is 2.73. The second-order valence-corrected chi connectivity index (χ2v) is 3.76. The van der Waals surface area contributed by atoms with Crippen LogP contribution in [0.25, 0.3) is 11.0 Å². The Hall–Kier alpha value is -1.31. The van der Waals surface area contributed by atoms with Crippen LogP contribution in [-0.4, -0.2) is 34.8 Å². The summed E-state index contributed by atoms with van der Waals surface area (Å²) >= 11 is 0. The lowest BCUT2D eigenvalue weighted by Crippen LogP contribution is -1.97. The van der Waals surface area contributed by atoms with Gasteiger partial charge in [0.2, 0.25) is 0 Å². The summed E-state index contributed by atoms with van der Waals surface area (Å²) in [5.74, 6) is 0. The average molecular weight is 247 g/mol. The molecule has 2 rings (SSSR count). The summed E-state index contributed by atoms with van der Waals surface area (Å²) in [6.45, 7) is -0.124. The van der Waals surface area contributed by atoms with Crippen molar-refractivity contribution in [1.29, 1.82) is 0 Å². The van der Waals surface area contributed by atoms with Crippen LogP contribution in [0, 0.1) is 0 Å². The van der Waals surface area contributed by atoms with Gasteiger partial charge in [0.15, 0.2) is 0 Å². The quantitative estimate of drug-likeness (QED) is 0.497. The number of rotatable bonds is 1. The first kappa shape index (κ1) is 12.8. The summed E-state index contributed by atoms with van der Waals surface area (Å²) in [7, 11) is -4.64. The molecule has 0 saturated carbocycles. The van der Waals surface area contributed by atoms with E-state index in [1.807, 2.05) is 24.3 Å². The highest BCUT2D eigenvalue weighted by atomic mass is 31.2. The van der Waals surface area contributed by atoms with Crippen molar-refractivity contribution in [2.45, 2.75) is 6.73 Å². The molecule has 4 N–H and O–H groups in total. The molecule has 9 heteroatoms. The lowest BCUT2D eigenvalue weighted by molar-refractivity contribution is 0.197. The van der Waals surface area contributed by atoms with Crippen LogP contribution in [0.15, 0.2) is 24.3 Å². The predicted molar refractivity (Wildman–Crippen MR) is 54.0 cm³/mol. The maximum Gasteiger partial charge on any atom is 0.466 e. The summed E-state index contributed by atoms with van der Waals surface area (Å²) in [5, 5.41) is 16.4. The number of hydrogen-bond acceptors (Lipinski definition) is 4. The van der Waals surface area contributed by atoms with Gasteiger partial charge < -0.3 is 19.8 Å². The smallest absolute Gasteiger partial charge is 0.374 e. The molecule has 0 bridgehead atoms. The van der Waals surface area contributed by atoms with E-state index in [4.69, 9.17) is 24.4 Å². The van der Waals surface area contributed by atoms with Crippen molar-refractivity contribution in [1.82, 2.24) is 15.0 Å². The molecular weight excluding hydrogens is 237 g/mol. The Balaban J connectivity index is 0.000000221. The lowest BCUT2D eigenvalue weighted by Gasteiger charge is -1.92. The molecule has 8 nitrogen and oxygen atoms in total. The maximum atomic E-state index is 8.88. The average Bonchev–Trinajstić information content (AvgIpc) is 2.58. The van der Waals surface area contributed by atoms with Crippen molar-refractivity contribution in [2.75, 3.05) is 0 Å². The van der Waals surface area contributed by atoms with Crippen LogP contribution in [0.5, 0.6) is 0 Å². The molecule has 1 aromatic carbocycles. The summed E-state index contributed by atoms with van der Waals surface area (Å²) in [4.78, 5) is 21.6. The van der Waals surface area contributed by atoms with Crippen molar-refractivity contribution >= 4 is 18.9 Å². The van der Waals surface area contributed by atoms with Gasteiger partial charge in [0.1, 0.15) is 12.2 Å². The number of aliphatic hydroxyl groups is 1. The zero-order chi connectivity index (χ0) is 12.2. The second kappa shape index (κ2) is 5.15. The molecule has 0 aliphatic carbocycles. The predicted octanol–water partition coefficient (Wildman–Crippen LogP) is -0.548. The largest absolute Gasteiger partial charge is 0.466 e. The fourth-order valence-corrected chi connectivity index (χ4v) is 1.02. The molecule has 2 aromatic rings. The van der Waals surface area contributed by atoms with Crippen LogP contribution < -0.4 is 0 Å². The monoisotopic (exact) mass is 247 g/mol. The first-order chi connectivity index (χ1) is 7.42. The normalized spacial score (nSPS) is 11.0. The van der Waals surface area contributed by atoms with Crippen LogP contribution in [0.2, 0.25) is 0 Å². The van der Waals surface area contributed by atoms with Gasteiger partial charge in [-0.05, 0) is 12.1 Å². The zero-order valence-corrected chi connectivity index (χ0v) is 8.90. The fraction of sp³-hybridized carbons (Fsp3) is 0.143. The molecule has 1 heterocycles. The Morgan fingerprint density at radius 2 is 1.81 bits per heavy atom. The Morgan fingerprint density at radius 1 is 1.25 bits per heavy atom. The van der Waals surface area contributed by atoms with Crippen LogP contribution in [0.4, 0.5) is 0 Å². The Labute approximate surface area is 90.0 Å². The highest BCUT2D eigenvalue weighted by Gasteiger charge is 2.00. The number of fused-ring (bicyclic) bond motifs is 1. The number of hydrogen-bond donors (Lipinski definition) is 4. The summed E-state index contributed by atoms with van der Waals surface area (Å²) < 4.78 is 10.3. The number of para-hydroxylation sites is 1. The van der Waals surface area contributed by atoms with E-state index in [1.165, 1.54) is 4.68 Å². The number of benzene rings is 1. The standard InChI is InChI=1S/C7H7N3O.H3O4P/c11-5-10-7-4-2-1-3-6(7)8-9-10;1-5(2,3)4/h1-4,11H,5H2;(H3,1,2,3,4). The minimum Gasteiger partial charge on any atom is -0.374 e. The van der Waals surface area contributed by atoms with Crippen molar-refractivity contribution < 1.29 is 24.4 Å². The maximum absolute atomic E-state index is 8.88. The van der Waals surface area contributed by atoms with Crippen LogP contribution in [-0.2, 0) is 11.3 Å². The topological polar surface area (TPSA) is 129 Å². The van der Waals surface area contributed by atoms with Gasteiger partial charge >= 0.3 is 7.82 Å². The van der Waals surface area contributed by atoms with E-state index in [9.17, 15) is 0 Å². The van der Waals surface area contributed by atoms with E-state index < -0.39 is 7.82 Å².